The third-order valence-corrected chi connectivity index (χ3v) is 5.59. The number of hydrogen-bond donors (Lipinski definition) is 2. The fourth-order valence-corrected chi connectivity index (χ4v) is 3.30. The molecule has 0 heterocycles. The van der Waals surface area contributed by atoms with E-state index in [1.54, 1.807) is 0 Å². The molecule has 0 aromatic heterocycles. The molecule has 7 nitrogen and oxygen atoms in total. The number of nitrogens with one attached hydrogen (secondary N) is 1. The number of carbonyl (C=O) groups is 3. The average Bonchev–Trinajstić information content (AvgIpc) is 2.83. The number of halogens is 6. The molecule has 0 spiro atoms. The van der Waals surface area contributed by atoms with Crippen molar-refractivity contribution in [1.82, 2.24) is 10.2 Å². The van der Waals surface area contributed by atoms with Gasteiger partial charge in [-0.3, -0.25) is 9.59 Å². The van der Waals surface area contributed by atoms with E-state index in [-0.39, 0.29) is 23.8 Å². The largest absolute Gasteiger partial charge is 0.489 e. The zero-order valence-corrected chi connectivity index (χ0v) is 19.9. The van der Waals surface area contributed by atoms with Gasteiger partial charge in [-0.2, -0.15) is 26.3 Å². The Bertz CT molecular complexity index is 1100. The highest BCUT2D eigenvalue weighted by molar-refractivity contribution is 5.91. The van der Waals surface area contributed by atoms with E-state index in [2.05, 4.69) is 5.32 Å². The Hall–Kier alpha value is -3.77. The maximum absolute atomic E-state index is 13.1. The van der Waals surface area contributed by atoms with Crippen LogP contribution in [0.3, 0.4) is 0 Å². The lowest BCUT2D eigenvalue weighted by molar-refractivity contribution is -0.149. The number of aliphatic carboxylic acids is 1. The molecule has 0 bridgehead atoms. The molecular formula is C24H24F6N2O5. The summed E-state index contributed by atoms with van der Waals surface area (Å²) in [5.41, 5.74) is -2.97. The van der Waals surface area contributed by atoms with E-state index in [1.807, 2.05) is 0 Å². The Morgan fingerprint density at radius 3 is 1.92 bits per heavy atom. The molecule has 0 radical (unpaired) electrons. The number of alkyl halides is 6. The van der Waals surface area contributed by atoms with Crippen molar-refractivity contribution in [3.8, 4) is 5.75 Å². The first kappa shape index (κ1) is 29.5. The van der Waals surface area contributed by atoms with Gasteiger partial charge in [-0.1, -0.05) is 12.1 Å². The molecule has 0 fully saturated rings. The Labute approximate surface area is 208 Å². The van der Waals surface area contributed by atoms with E-state index < -0.39 is 59.8 Å². The Kier molecular flexibility index (Phi) is 9.17. The fraction of sp³-hybridized carbons (Fsp3) is 0.375. The molecule has 0 aliphatic carbocycles. The first-order valence-corrected chi connectivity index (χ1v) is 10.8. The molecule has 202 valence electrons. The van der Waals surface area contributed by atoms with Crippen molar-refractivity contribution in [1.29, 1.82) is 0 Å². The number of benzene rings is 2. The second kappa shape index (κ2) is 11.5. The van der Waals surface area contributed by atoms with Gasteiger partial charge in [0.2, 0.25) is 11.8 Å². The molecule has 2 amide bonds. The predicted molar refractivity (Wildman–Crippen MR) is 119 cm³/mol. The summed E-state index contributed by atoms with van der Waals surface area (Å²) in [6.07, 6.45) is -10.3. The van der Waals surface area contributed by atoms with Crippen LogP contribution in [0.5, 0.6) is 5.75 Å². The Morgan fingerprint density at radius 1 is 0.973 bits per heavy atom. The number of ether oxygens (including phenoxy) is 1. The fourth-order valence-electron chi connectivity index (χ4n) is 3.30. The molecule has 2 N–H and O–H groups in total. The van der Waals surface area contributed by atoms with Crippen LogP contribution in [-0.4, -0.2) is 47.9 Å². The number of hydrogen-bond acceptors (Lipinski definition) is 4. The van der Waals surface area contributed by atoms with Crippen LogP contribution in [0.25, 0.3) is 0 Å². The van der Waals surface area contributed by atoms with Gasteiger partial charge in [-0.25, -0.2) is 4.79 Å². The summed E-state index contributed by atoms with van der Waals surface area (Å²) < 4.78 is 83.7. The minimum absolute atomic E-state index is 0.0180. The monoisotopic (exact) mass is 534 g/mol. The van der Waals surface area contributed by atoms with Crippen LogP contribution in [0, 0.1) is 0 Å². The number of likely N-dealkylation sites (N-methyl/N-ethyl adjacent to an activating group) is 1. The van der Waals surface area contributed by atoms with E-state index >= 15 is 0 Å². The Balaban J connectivity index is 2.27. The van der Waals surface area contributed by atoms with E-state index in [4.69, 9.17) is 4.74 Å². The number of amides is 2. The summed E-state index contributed by atoms with van der Waals surface area (Å²) >= 11 is 0. The van der Waals surface area contributed by atoms with Gasteiger partial charge in [0.1, 0.15) is 18.4 Å². The summed E-state index contributed by atoms with van der Waals surface area (Å²) in [5, 5.41) is 11.6. The van der Waals surface area contributed by atoms with Gasteiger partial charge in [0.05, 0.1) is 17.0 Å². The highest BCUT2D eigenvalue weighted by Crippen LogP contribution is 2.36. The van der Waals surface area contributed by atoms with Crippen LogP contribution in [0.2, 0.25) is 0 Å². The maximum atomic E-state index is 13.1. The maximum Gasteiger partial charge on any atom is 0.416 e. The summed E-state index contributed by atoms with van der Waals surface area (Å²) in [6.45, 7) is 0.692. The number of carboxylic acid groups (broad SMARTS) is 1. The summed E-state index contributed by atoms with van der Waals surface area (Å²) in [5.74, 6) is -3.36. The lowest BCUT2D eigenvalue weighted by Crippen LogP contribution is -2.43. The molecule has 0 aliphatic rings. The second-order valence-electron chi connectivity index (χ2n) is 8.17. The first-order chi connectivity index (χ1) is 17.0. The third kappa shape index (κ3) is 7.86. The van der Waals surface area contributed by atoms with Crippen molar-refractivity contribution >= 4 is 17.8 Å². The van der Waals surface area contributed by atoms with Gasteiger partial charge in [0.15, 0.2) is 0 Å². The molecule has 37 heavy (non-hydrogen) atoms. The lowest BCUT2D eigenvalue weighted by atomic mass is 9.93. The normalized spacial score (nSPS) is 13.4. The summed E-state index contributed by atoms with van der Waals surface area (Å²) in [7, 11) is 2.64. The molecule has 0 aliphatic heterocycles. The molecule has 13 heteroatoms. The predicted octanol–water partition coefficient (Wildman–Crippen LogP) is 4.45. The highest BCUT2D eigenvalue weighted by Gasteiger charge is 2.37. The van der Waals surface area contributed by atoms with Gasteiger partial charge in [-0.15, -0.1) is 0 Å². The molecule has 2 atom stereocenters. The molecular weight excluding hydrogens is 510 g/mol. The van der Waals surface area contributed by atoms with Crippen LogP contribution >= 0.6 is 0 Å². The molecule has 2 aromatic carbocycles. The number of nitrogens with zero attached hydrogens (tertiary/aromatic N) is 1. The van der Waals surface area contributed by atoms with Crippen molar-refractivity contribution in [2.24, 2.45) is 0 Å². The molecule has 2 rings (SSSR count). The molecule has 1 unspecified atom stereocenters. The average molecular weight is 534 g/mol. The van der Waals surface area contributed by atoms with Gasteiger partial charge in [-0.05, 0) is 48.4 Å². The highest BCUT2D eigenvalue weighted by atomic mass is 19.4. The van der Waals surface area contributed by atoms with Gasteiger partial charge >= 0.3 is 18.3 Å². The quantitative estimate of drug-likeness (QED) is 0.464. The summed E-state index contributed by atoms with van der Waals surface area (Å²) in [6, 6.07) is 5.42. The SMILES string of the molecule is CNC(=O)CC(C(=O)N(C)[C@H](C)C(=O)O)c1ccc(OCc2cc(C(F)(F)F)cc(C(F)(F)F)c2)cc1. The van der Waals surface area contributed by atoms with Crippen LogP contribution in [0.15, 0.2) is 42.5 Å². The standard InChI is InChI=1S/C24H24F6N2O5/c1-13(22(35)36)32(3)21(34)19(11-20(33)31-2)15-4-6-18(7-5-15)37-12-14-8-16(23(25,26)27)10-17(9-14)24(28,29)30/h4-10,13,19H,11-12H2,1-3H3,(H,31,33)(H,35,36)/t13-,19?/m1/s1. The molecule has 2 aromatic rings. The van der Waals surface area contributed by atoms with Crippen LogP contribution in [-0.2, 0) is 33.3 Å². The Morgan fingerprint density at radius 2 is 1.49 bits per heavy atom. The smallest absolute Gasteiger partial charge is 0.416 e. The topological polar surface area (TPSA) is 95.9 Å². The first-order valence-electron chi connectivity index (χ1n) is 10.8. The second-order valence-corrected chi connectivity index (χ2v) is 8.17. The van der Waals surface area contributed by atoms with Crippen molar-refractivity contribution in [3.63, 3.8) is 0 Å². The van der Waals surface area contributed by atoms with E-state index in [1.165, 1.54) is 45.3 Å². The van der Waals surface area contributed by atoms with Gasteiger partial charge < -0.3 is 20.1 Å². The van der Waals surface area contributed by atoms with Gasteiger partial charge in [0, 0.05) is 20.5 Å². The zero-order chi connectivity index (χ0) is 28.1. The van der Waals surface area contributed by atoms with E-state index in [0.29, 0.717) is 17.7 Å². The van der Waals surface area contributed by atoms with E-state index in [9.17, 15) is 45.8 Å². The van der Waals surface area contributed by atoms with Gasteiger partial charge in [0.25, 0.3) is 0 Å². The van der Waals surface area contributed by atoms with Crippen molar-refractivity contribution in [2.45, 2.75) is 44.3 Å². The van der Waals surface area contributed by atoms with Crippen molar-refractivity contribution in [2.75, 3.05) is 14.1 Å². The van der Waals surface area contributed by atoms with Crippen molar-refractivity contribution < 1.29 is 50.6 Å². The zero-order valence-electron chi connectivity index (χ0n) is 19.9. The number of carboxylic acids is 1. The third-order valence-electron chi connectivity index (χ3n) is 5.59. The van der Waals surface area contributed by atoms with Crippen molar-refractivity contribution in [3.05, 3.63) is 64.7 Å². The number of rotatable bonds is 9. The molecule has 0 saturated heterocycles. The molecule has 0 saturated carbocycles. The lowest BCUT2D eigenvalue weighted by Gasteiger charge is -2.26. The number of carbonyl (C=O) groups excluding carboxylic acids is 2. The van der Waals surface area contributed by atoms with E-state index in [0.717, 1.165) is 4.90 Å². The minimum Gasteiger partial charge on any atom is -0.489 e. The van der Waals surface area contributed by atoms with Crippen LogP contribution < -0.4 is 10.1 Å². The van der Waals surface area contributed by atoms with Crippen LogP contribution in [0.4, 0.5) is 26.3 Å². The summed E-state index contributed by atoms with van der Waals surface area (Å²) in [4.78, 5) is 37.1. The van der Waals surface area contributed by atoms with Crippen LogP contribution in [0.1, 0.15) is 41.5 Å². The minimum atomic E-state index is -4.99.